The lowest BCUT2D eigenvalue weighted by Crippen LogP contribution is -2.43. The lowest BCUT2D eigenvalue weighted by Gasteiger charge is -2.35. The lowest BCUT2D eigenvalue weighted by molar-refractivity contribution is 0.0628. The summed E-state index contributed by atoms with van der Waals surface area (Å²) in [6.07, 6.45) is 0. The summed E-state index contributed by atoms with van der Waals surface area (Å²) in [4.78, 5) is 14.3. The average Bonchev–Trinajstić information content (AvgIpc) is 2.28. The van der Waals surface area contributed by atoms with Gasteiger partial charge in [0.1, 0.15) is 0 Å². The highest BCUT2D eigenvalue weighted by Crippen LogP contribution is 2.26. The van der Waals surface area contributed by atoms with Crippen LogP contribution in [0.25, 0.3) is 0 Å². The fraction of sp³-hybridized carbons (Fsp3) is 0.533. The van der Waals surface area contributed by atoms with Crippen LogP contribution >= 0.6 is 15.9 Å². The van der Waals surface area contributed by atoms with E-state index in [0.29, 0.717) is 0 Å². The van der Waals surface area contributed by atoms with E-state index in [4.69, 9.17) is 0 Å². The first-order chi connectivity index (χ1) is 8.16. The highest BCUT2D eigenvalue weighted by Gasteiger charge is 2.28. The predicted molar refractivity (Wildman–Crippen MR) is 79.9 cm³/mol. The van der Waals surface area contributed by atoms with Crippen LogP contribution in [0.5, 0.6) is 0 Å². The van der Waals surface area contributed by atoms with Crippen LogP contribution < -0.4 is 0 Å². The van der Waals surface area contributed by atoms with E-state index in [1.807, 2.05) is 37.1 Å². The monoisotopic (exact) mass is 311 g/mol. The fourth-order valence-electron chi connectivity index (χ4n) is 1.79. The van der Waals surface area contributed by atoms with E-state index in [0.717, 1.165) is 15.6 Å². The second-order valence-electron chi connectivity index (χ2n) is 5.87. The van der Waals surface area contributed by atoms with Crippen LogP contribution in [0.2, 0.25) is 0 Å². The molecule has 0 heterocycles. The van der Waals surface area contributed by atoms with E-state index in [9.17, 15) is 4.79 Å². The first-order valence-electron chi connectivity index (χ1n) is 6.18. The summed E-state index contributed by atoms with van der Waals surface area (Å²) in [5.41, 5.74) is 1.84. The molecule has 0 aromatic heterocycles. The van der Waals surface area contributed by atoms with Crippen molar-refractivity contribution >= 4 is 21.8 Å². The van der Waals surface area contributed by atoms with Gasteiger partial charge in [0.25, 0.3) is 5.91 Å². The number of carbonyl (C=O) groups excluding carboxylic acids is 1. The first-order valence-corrected chi connectivity index (χ1v) is 6.98. The third-order valence-corrected chi connectivity index (χ3v) is 4.51. The molecule has 1 aromatic carbocycles. The quantitative estimate of drug-likeness (QED) is 0.799. The molecule has 0 fully saturated rings. The van der Waals surface area contributed by atoms with Gasteiger partial charge in [0.15, 0.2) is 0 Å². The van der Waals surface area contributed by atoms with Crippen LogP contribution in [-0.2, 0) is 0 Å². The molecule has 1 rings (SSSR count). The van der Waals surface area contributed by atoms with Gasteiger partial charge in [-0.15, -0.1) is 0 Å². The molecule has 1 amide bonds. The SMILES string of the molecule is Cc1c(Br)cccc1C(=O)N(C)C(C)C(C)(C)C. The standard InChI is InChI=1S/C15H22BrNO/c1-10-12(8-7-9-13(10)16)14(18)17(6)11(2)15(3,4)5/h7-9,11H,1-6H3. The zero-order valence-corrected chi connectivity index (χ0v) is 13.6. The van der Waals surface area contributed by atoms with Gasteiger partial charge in [0.2, 0.25) is 0 Å². The van der Waals surface area contributed by atoms with Gasteiger partial charge < -0.3 is 4.90 Å². The highest BCUT2D eigenvalue weighted by molar-refractivity contribution is 9.10. The molecule has 0 bridgehead atoms. The van der Waals surface area contributed by atoms with Crippen molar-refractivity contribution in [3.63, 3.8) is 0 Å². The van der Waals surface area contributed by atoms with Crippen LogP contribution in [0.4, 0.5) is 0 Å². The Morgan fingerprint density at radius 1 is 1.33 bits per heavy atom. The topological polar surface area (TPSA) is 20.3 Å². The molecule has 1 atom stereocenters. The highest BCUT2D eigenvalue weighted by atomic mass is 79.9. The Hall–Kier alpha value is -0.830. The largest absolute Gasteiger partial charge is 0.338 e. The van der Waals surface area contributed by atoms with Crippen molar-refractivity contribution in [2.24, 2.45) is 5.41 Å². The van der Waals surface area contributed by atoms with Gasteiger partial charge in [-0.3, -0.25) is 4.79 Å². The molecule has 0 aliphatic carbocycles. The van der Waals surface area contributed by atoms with Crippen molar-refractivity contribution in [2.45, 2.75) is 40.7 Å². The van der Waals surface area contributed by atoms with Crippen molar-refractivity contribution in [1.29, 1.82) is 0 Å². The van der Waals surface area contributed by atoms with Crippen LogP contribution in [0, 0.1) is 12.3 Å². The van der Waals surface area contributed by atoms with Gasteiger partial charge in [-0.1, -0.05) is 42.8 Å². The summed E-state index contributed by atoms with van der Waals surface area (Å²) in [5.74, 6) is 0.0798. The minimum absolute atomic E-state index is 0.0737. The Kier molecular flexibility index (Phi) is 4.60. The molecule has 0 radical (unpaired) electrons. The number of benzene rings is 1. The van der Waals surface area contributed by atoms with E-state index < -0.39 is 0 Å². The molecule has 3 heteroatoms. The summed E-state index contributed by atoms with van der Waals surface area (Å²) in [6, 6.07) is 5.93. The molecule has 1 unspecified atom stereocenters. The fourth-order valence-corrected chi connectivity index (χ4v) is 2.15. The number of hydrogen-bond acceptors (Lipinski definition) is 1. The number of rotatable bonds is 2. The molecule has 0 saturated carbocycles. The third kappa shape index (κ3) is 3.14. The second kappa shape index (κ2) is 5.43. The number of carbonyl (C=O) groups is 1. The maximum atomic E-state index is 12.5. The van der Waals surface area contributed by atoms with Crippen LogP contribution in [0.15, 0.2) is 22.7 Å². The van der Waals surface area contributed by atoms with Gasteiger partial charge in [-0.05, 0) is 37.0 Å². The summed E-state index contributed by atoms with van der Waals surface area (Å²) in [5, 5.41) is 0. The Morgan fingerprint density at radius 2 is 1.89 bits per heavy atom. The Labute approximate surface area is 119 Å². The minimum atomic E-state index is 0.0737. The molecule has 0 aliphatic rings. The lowest BCUT2D eigenvalue weighted by atomic mass is 9.87. The van der Waals surface area contributed by atoms with Crippen molar-refractivity contribution < 1.29 is 4.79 Å². The van der Waals surface area contributed by atoms with E-state index in [2.05, 4.69) is 43.6 Å². The zero-order chi connectivity index (χ0) is 14.1. The number of nitrogens with zero attached hydrogens (tertiary/aromatic N) is 1. The third-order valence-electron chi connectivity index (χ3n) is 3.65. The van der Waals surface area contributed by atoms with Gasteiger partial charge in [0.05, 0.1) is 0 Å². The van der Waals surface area contributed by atoms with E-state index in [1.54, 1.807) is 0 Å². The average molecular weight is 312 g/mol. The van der Waals surface area contributed by atoms with Crippen molar-refractivity contribution in [3.05, 3.63) is 33.8 Å². The molecule has 1 aromatic rings. The smallest absolute Gasteiger partial charge is 0.254 e. The van der Waals surface area contributed by atoms with Crippen LogP contribution in [-0.4, -0.2) is 23.9 Å². The molecule has 0 aliphatic heterocycles. The number of amides is 1. The van der Waals surface area contributed by atoms with E-state index in [1.165, 1.54) is 0 Å². The zero-order valence-electron chi connectivity index (χ0n) is 12.0. The molecule has 2 nitrogen and oxygen atoms in total. The number of halogens is 1. The summed E-state index contributed by atoms with van der Waals surface area (Å²) < 4.78 is 0.977. The predicted octanol–water partition coefficient (Wildman–Crippen LogP) is 4.26. The summed E-state index contributed by atoms with van der Waals surface area (Å²) >= 11 is 3.47. The maximum absolute atomic E-state index is 12.5. The summed E-state index contributed by atoms with van der Waals surface area (Å²) in [6.45, 7) is 10.5. The minimum Gasteiger partial charge on any atom is -0.338 e. The van der Waals surface area contributed by atoms with Crippen LogP contribution in [0.3, 0.4) is 0 Å². The maximum Gasteiger partial charge on any atom is 0.254 e. The van der Waals surface area contributed by atoms with Gasteiger partial charge in [-0.25, -0.2) is 0 Å². The molecule has 18 heavy (non-hydrogen) atoms. The Balaban J connectivity index is 3.05. The summed E-state index contributed by atoms with van der Waals surface area (Å²) in [7, 11) is 1.87. The second-order valence-corrected chi connectivity index (χ2v) is 6.72. The molecule has 0 N–H and O–H groups in total. The Bertz CT molecular complexity index is 448. The van der Waals surface area contributed by atoms with Crippen molar-refractivity contribution in [2.75, 3.05) is 7.05 Å². The molecular weight excluding hydrogens is 290 g/mol. The van der Waals surface area contributed by atoms with Crippen molar-refractivity contribution in [3.8, 4) is 0 Å². The van der Waals surface area contributed by atoms with Crippen molar-refractivity contribution in [1.82, 2.24) is 4.90 Å². The number of hydrogen-bond donors (Lipinski definition) is 0. The van der Waals surface area contributed by atoms with Gasteiger partial charge in [0, 0.05) is 23.1 Å². The normalized spacial score (nSPS) is 13.3. The molecule has 0 saturated heterocycles. The van der Waals surface area contributed by atoms with Gasteiger partial charge >= 0.3 is 0 Å². The molecule has 100 valence electrons. The van der Waals surface area contributed by atoms with E-state index in [-0.39, 0.29) is 17.4 Å². The van der Waals surface area contributed by atoms with Gasteiger partial charge in [-0.2, -0.15) is 0 Å². The molecular formula is C15H22BrNO. The van der Waals surface area contributed by atoms with Crippen LogP contribution in [0.1, 0.15) is 43.6 Å². The first kappa shape index (κ1) is 15.2. The Morgan fingerprint density at radius 3 is 2.39 bits per heavy atom. The van der Waals surface area contributed by atoms with E-state index >= 15 is 0 Å². The molecule has 0 spiro atoms.